The molecule has 0 spiro atoms. The van der Waals surface area contributed by atoms with Crippen molar-refractivity contribution in [3.8, 4) is 0 Å². The van der Waals surface area contributed by atoms with Crippen molar-refractivity contribution in [3.63, 3.8) is 0 Å². The summed E-state index contributed by atoms with van der Waals surface area (Å²) in [5.41, 5.74) is 6.52. The van der Waals surface area contributed by atoms with Crippen LogP contribution in [0.25, 0.3) is 0 Å². The second kappa shape index (κ2) is 8.34. The fourth-order valence-corrected chi connectivity index (χ4v) is 2.32. The number of nitrogens with one attached hydrogen (secondary N) is 2. The summed E-state index contributed by atoms with van der Waals surface area (Å²) >= 11 is 0. The van der Waals surface area contributed by atoms with Crippen LogP contribution in [0.3, 0.4) is 0 Å². The van der Waals surface area contributed by atoms with Crippen molar-refractivity contribution >= 4 is 30.7 Å². The smallest absolute Gasteiger partial charge is 0.226 e. The van der Waals surface area contributed by atoms with E-state index in [2.05, 4.69) is 15.5 Å². The van der Waals surface area contributed by atoms with Gasteiger partial charge in [0.2, 0.25) is 5.91 Å². The first-order chi connectivity index (χ1) is 7.79. The number of amides is 1. The predicted octanol–water partition coefficient (Wildman–Crippen LogP) is 1.04. The fourth-order valence-electron chi connectivity index (χ4n) is 2.32. The van der Waals surface area contributed by atoms with Crippen LogP contribution in [0.5, 0.6) is 0 Å². The third-order valence-corrected chi connectivity index (χ3v) is 3.22. The van der Waals surface area contributed by atoms with Gasteiger partial charge in [0.25, 0.3) is 0 Å². The predicted molar refractivity (Wildman–Crippen MR) is 75.1 cm³/mol. The topological polar surface area (TPSA) is 83.8 Å². The molecule has 0 bridgehead atoms. The standard InChI is InChI=1S/C11H18N4O.2ClH/c12-7-8-2-1-3-10(8)14-11(16)6-9-4-5-13-15-9;;/h4-5,8,10H,1-3,6-7,12H2,(H,13,15)(H,14,16);2*1H. The van der Waals surface area contributed by atoms with E-state index in [9.17, 15) is 4.79 Å². The number of aromatic nitrogens is 2. The lowest BCUT2D eigenvalue weighted by Gasteiger charge is -2.19. The molecule has 1 aliphatic carbocycles. The van der Waals surface area contributed by atoms with Crippen molar-refractivity contribution in [2.24, 2.45) is 11.7 Å². The van der Waals surface area contributed by atoms with Crippen LogP contribution in [-0.4, -0.2) is 28.7 Å². The van der Waals surface area contributed by atoms with E-state index in [1.54, 1.807) is 6.20 Å². The maximum Gasteiger partial charge on any atom is 0.226 e. The van der Waals surface area contributed by atoms with Crippen LogP contribution in [0.4, 0.5) is 0 Å². The maximum absolute atomic E-state index is 11.7. The van der Waals surface area contributed by atoms with E-state index in [0.29, 0.717) is 18.9 Å². The number of carbonyl (C=O) groups excluding carboxylic acids is 1. The first kappa shape index (κ1) is 17.2. The molecule has 1 aromatic heterocycles. The quantitative estimate of drug-likeness (QED) is 0.776. The Balaban J connectivity index is 0.00000144. The Hall–Kier alpha value is -0.780. The van der Waals surface area contributed by atoms with Gasteiger partial charge in [-0.1, -0.05) is 6.42 Å². The van der Waals surface area contributed by atoms with Gasteiger partial charge in [-0.05, 0) is 31.4 Å². The minimum atomic E-state index is 0. The van der Waals surface area contributed by atoms with Crippen LogP contribution >= 0.6 is 24.8 Å². The molecule has 1 heterocycles. The van der Waals surface area contributed by atoms with Crippen LogP contribution in [0, 0.1) is 5.92 Å². The number of H-pyrrole nitrogens is 1. The number of hydrogen-bond donors (Lipinski definition) is 3. The lowest BCUT2D eigenvalue weighted by molar-refractivity contribution is -0.121. The number of rotatable bonds is 4. The van der Waals surface area contributed by atoms with Gasteiger partial charge in [0, 0.05) is 17.9 Å². The summed E-state index contributed by atoms with van der Waals surface area (Å²) in [7, 11) is 0. The van der Waals surface area contributed by atoms with E-state index in [-0.39, 0.29) is 36.8 Å². The molecular weight excluding hydrogens is 275 g/mol. The summed E-state index contributed by atoms with van der Waals surface area (Å²) in [5, 5.41) is 9.65. The molecule has 1 amide bonds. The zero-order valence-electron chi connectivity index (χ0n) is 10.1. The second-order valence-electron chi connectivity index (χ2n) is 4.36. The summed E-state index contributed by atoms with van der Waals surface area (Å²) < 4.78 is 0. The molecule has 2 atom stereocenters. The second-order valence-corrected chi connectivity index (χ2v) is 4.36. The lowest BCUT2D eigenvalue weighted by atomic mass is 10.0. The molecule has 1 aliphatic rings. The van der Waals surface area contributed by atoms with Gasteiger partial charge >= 0.3 is 0 Å². The van der Waals surface area contributed by atoms with E-state index in [4.69, 9.17) is 5.73 Å². The Kier molecular flexibility index (Phi) is 7.98. The van der Waals surface area contributed by atoms with Crippen LogP contribution in [0.2, 0.25) is 0 Å². The van der Waals surface area contributed by atoms with E-state index < -0.39 is 0 Å². The van der Waals surface area contributed by atoms with Crippen LogP contribution in [-0.2, 0) is 11.2 Å². The van der Waals surface area contributed by atoms with Gasteiger partial charge in [-0.2, -0.15) is 5.10 Å². The van der Waals surface area contributed by atoms with Gasteiger partial charge in [0.05, 0.1) is 6.42 Å². The largest absolute Gasteiger partial charge is 0.353 e. The number of nitrogens with zero attached hydrogens (tertiary/aromatic N) is 1. The van der Waals surface area contributed by atoms with Crippen LogP contribution in [0.15, 0.2) is 12.3 Å². The van der Waals surface area contributed by atoms with Crippen molar-refractivity contribution in [2.45, 2.75) is 31.7 Å². The highest BCUT2D eigenvalue weighted by molar-refractivity contribution is 5.85. The fraction of sp³-hybridized carbons (Fsp3) is 0.636. The molecule has 0 aliphatic heterocycles. The lowest BCUT2D eigenvalue weighted by Crippen LogP contribution is -2.40. The molecule has 18 heavy (non-hydrogen) atoms. The zero-order valence-corrected chi connectivity index (χ0v) is 11.7. The summed E-state index contributed by atoms with van der Waals surface area (Å²) in [6.45, 7) is 0.662. The molecule has 0 aromatic carbocycles. The van der Waals surface area contributed by atoms with Crippen LogP contribution < -0.4 is 11.1 Å². The number of carbonyl (C=O) groups is 1. The molecule has 1 fully saturated rings. The zero-order chi connectivity index (χ0) is 11.4. The maximum atomic E-state index is 11.7. The SMILES string of the molecule is Cl.Cl.NCC1CCCC1NC(=O)Cc1ccn[nH]1. The highest BCUT2D eigenvalue weighted by Crippen LogP contribution is 2.24. The molecular formula is C11H20Cl2N4O. The number of aromatic amines is 1. The molecule has 2 rings (SSSR count). The monoisotopic (exact) mass is 294 g/mol. The molecule has 4 N–H and O–H groups in total. The van der Waals surface area contributed by atoms with Gasteiger partial charge in [-0.15, -0.1) is 24.8 Å². The van der Waals surface area contributed by atoms with Crippen molar-refractivity contribution in [2.75, 3.05) is 6.54 Å². The normalized spacial score (nSPS) is 21.8. The molecule has 104 valence electrons. The Morgan fingerprint density at radius 1 is 1.50 bits per heavy atom. The van der Waals surface area contributed by atoms with E-state index in [0.717, 1.165) is 25.0 Å². The summed E-state index contributed by atoms with van der Waals surface area (Å²) in [6, 6.07) is 2.08. The Bertz CT molecular complexity index is 345. The van der Waals surface area contributed by atoms with Crippen molar-refractivity contribution in [3.05, 3.63) is 18.0 Å². The third-order valence-electron chi connectivity index (χ3n) is 3.22. The minimum Gasteiger partial charge on any atom is -0.353 e. The van der Waals surface area contributed by atoms with E-state index in [1.165, 1.54) is 0 Å². The van der Waals surface area contributed by atoms with Gasteiger partial charge < -0.3 is 11.1 Å². The summed E-state index contributed by atoms with van der Waals surface area (Å²) in [4.78, 5) is 11.7. The molecule has 1 saturated carbocycles. The minimum absolute atomic E-state index is 0. The highest BCUT2D eigenvalue weighted by Gasteiger charge is 2.27. The number of nitrogens with two attached hydrogens (primary N) is 1. The van der Waals surface area contributed by atoms with Gasteiger partial charge in [0.1, 0.15) is 0 Å². The molecule has 2 unspecified atom stereocenters. The Morgan fingerprint density at radius 3 is 2.89 bits per heavy atom. The first-order valence-electron chi connectivity index (χ1n) is 5.77. The molecule has 0 radical (unpaired) electrons. The number of halogens is 2. The van der Waals surface area contributed by atoms with Crippen molar-refractivity contribution < 1.29 is 4.79 Å². The van der Waals surface area contributed by atoms with Gasteiger partial charge in [0.15, 0.2) is 0 Å². The molecule has 0 saturated heterocycles. The molecule has 7 heteroatoms. The van der Waals surface area contributed by atoms with Crippen molar-refractivity contribution in [1.29, 1.82) is 0 Å². The van der Waals surface area contributed by atoms with Gasteiger partial charge in [-0.3, -0.25) is 9.89 Å². The Labute approximate surface area is 119 Å². The highest BCUT2D eigenvalue weighted by atomic mass is 35.5. The average molecular weight is 295 g/mol. The summed E-state index contributed by atoms with van der Waals surface area (Å²) in [6.07, 6.45) is 5.37. The van der Waals surface area contributed by atoms with Gasteiger partial charge in [-0.25, -0.2) is 0 Å². The molecule has 5 nitrogen and oxygen atoms in total. The van der Waals surface area contributed by atoms with Crippen molar-refractivity contribution in [1.82, 2.24) is 15.5 Å². The Morgan fingerprint density at radius 2 is 2.28 bits per heavy atom. The van der Waals surface area contributed by atoms with E-state index >= 15 is 0 Å². The summed E-state index contributed by atoms with van der Waals surface area (Å²) in [5.74, 6) is 0.500. The van der Waals surface area contributed by atoms with E-state index in [1.807, 2.05) is 6.07 Å². The average Bonchev–Trinajstić information content (AvgIpc) is 2.88. The number of hydrogen-bond acceptors (Lipinski definition) is 3. The first-order valence-corrected chi connectivity index (χ1v) is 5.77. The molecule has 1 aromatic rings. The van der Waals surface area contributed by atoms with Crippen LogP contribution in [0.1, 0.15) is 25.0 Å². The third kappa shape index (κ3) is 4.48.